The highest BCUT2D eigenvalue weighted by atomic mass is 16.4. The van der Waals surface area contributed by atoms with Crippen LogP contribution in [0.5, 0.6) is 0 Å². The van der Waals surface area contributed by atoms with Crippen molar-refractivity contribution in [3.8, 4) is 0 Å². The fourth-order valence-electron chi connectivity index (χ4n) is 2.47. The minimum Gasteiger partial charge on any atom is -0.411 e. The third-order valence-corrected chi connectivity index (χ3v) is 4.46. The zero-order valence-electron chi connectivity index (χ0n) is 13.3. The Morgan fingerprint density at radius 3 is 2.67 bits per heavy atom. The third-order valence-electron chi connectivity index (χ3n) is 4.46. The maximum Gasteiger partial charge on any atom is 0.227 e. The van der Waals surface area contributed by atoms with Gasteiger partial charge in [0.1, 0.15) is 0 Å². The van der Waals surface area contributed by atoms with E-state index in [1.807, 2.05) is 29.2 Å². The molecule has 1 aliphatic heterocycles. The largest absolute Gasteiger partial charge is 0.411 e. The van der Waals surface area contributed by atoms with Gasteiger partial charge in [0, 0.05) is 24.9 Å². The first-order chi connectivity index (χ1) is 9.84. The fourth-order valence-corrected chi connectivity index (χ4v) is 2.47. The number of rotatable bonds is 2. The van der Waals surface area contributed by atoms with Crippen molar-refractivity contribution >= 4 is 17.3 Å². The second-order valence-corrected chi connectivity index (χ2v) is 6.83. The molecule has 0 spiro atoms. The third kappa shape index (κ3) is 3.26. The topological polar surface area (TPSA) is 52.9 Å². The summed E-state index contributed by atoms with van der Waals surface area (Å²) in [4.78, 5) is 14.5. The van der Waals surface area contributed by atoms with Crippen molar-refractivity contribution in [3.63, 3.8) is 0 Å². The zero-order valence-corrected chi connectivity index (χ0v) is 13.3. The maximum atomic E-state index is 12.6. The van der Waals surface area contributed by atoms with Gasteiger partial charge in [-0.2, -0.15) is 0 Å². The van der Waals surface area contributed by atoms with Crippen molar-refractivity contribution in [1.29, 1.82) is 0 Å². The number of para-hydroxylation sites is 1. The molecular weight excluding hydrogens is 264 g/mol. The molecule has 0 fully saturated rings. The lowest BCUT2D eigenvalue weighted by atomic mass is 9.80. The van der Waals surface area contributed by atoms with Crippen LogP contribution in [0.2, 0.25) is 0 Å². The van der Waals surface area contributed by atoms with Crippen molar-refractivity contribution in [2.24, 2.45) is 16.5 Å². The maximum absolute atomic E-state index is 12.6. The van der Waals surface area contributed by atoms with Crippen molar-refractivity contribution in [3.05, 3.63) is 29.8 Å². The van der Waals surface area contributed by atoms with E-state index in [0.717, 1.165) is 11.3 Å². The molecule has 1 N–H and O–H groups in total. The van der Waals surface area contributed by atoms with E-state index in [4.69, 9.17) is 5.21 Å². The Morgan fingerprint density at radius 1 is 1.38 bits per heavy atom. The molecule has 0 aromatic heterocycles. The number of carbonyl (C=O) groups excluding carboxylic acids is 1. The fraction of sp³-hybridized carbons (Fsp3) is 0.529. The number of oxime groups is 1. The van der Waals surface area contributed by atoms with Gasteiger partial charge in [-0.15, -0.1) is 0 Å². The van der Waals surface area contributed by atoms with Gasteiger partial charge in [0.2, 0.25) is 5.91 Å². The van der Waals surface area contributed by atoms with Crippen LogP contribution in [0.15, 0.2) is 29.4 Å². The molecule has 0 radical (unpaired) electrons. The van der Waals surface area contributed by atoms with Crippen LogP contribution in [0.4, 0.5) is 5.69 Å². The van der Waals surface area contributed by atoms with Gasteiger partial charge in [-0.3, -0.25) is 4.79 Å². The van der Waals surface area contributed by atoms with Crippen LogP contribution >= 0.6 is 0 Å². The molecule has 0 aliphatic carbocycles. The van der Waals surface area contributed by atoms with Crippen LogP contribution in [0.25, 0.3) is 0 Å². The molecule has 2 rings (SSSR count). The van der Waals surface area contributed by atoms with Gasteiger partial charge in [-0.1, -0.05) is 51.0 Å². The number of amides is 1. The molecule has 4 heteroatoms. The van der Waals surface area contributed by atoms with E-state index in [2.05, 4.69) is 32.9 Å². The predicted molar refractivity (Wildman–Crippen MR) is 85.0 cm³/mol. The summed E-state index contributed by atoms with van der Waals surface area (Å²) in [6.07, 6.45) is 1.12. The number of benzene rings is 1. The molecule has 1 aromatic rings. The number of hydrogen-bond donors (Lipinski definition) is 1. The van der Waals surface area contributed by atoms with Gasteiger partial charge in [0.15, 0.2) is 0 Å². The van der Waals surface area contributed by atoms with Crippen LogP contribution in [0, 0.1) is 11.3 Å². The smallest absolute Gasteiger partial charge is 0.227 e. The second-order valence-electron chi connectivity index (χ2n) is 6.83. The highest BCUT2D eigenvalue weighted by molar-refractivity contribution is 6.11. The van der Waals surface area contributed by atoms with Gasteiger partial charge in [0.25, 0.3) is 0 Å². The average Bonchev–Trinajstić information content (AvgIpc) is 2.44. The van der Waals surface area contributed by atoms with Gasteiger partial charge >= 0.3 is 0 Å². The summed E-state index contributed by atoms with van der Waals surface area (Å²) in [5.74, 6) is 0.451. The first-order valence-corrected chi connectivity index (χ1v) is 7.45. The minimum absolute atomic E-state index is 0.114. The van der Waals surface area contributed by atoms with Crippen molar-refractivity contribution in [2.45, 2.75) is 40.5 Å². The Morgan fingerprint density at radius 2 is 2.05 bits per heavy atom. The normalized spacial score (nSPS) is 18.5. The second kappa shape index (κ2) is 5.88. The molecule has 1 heterocycles. The van der Waals surface area contributed by atoms with Crippen LogP contribution in [0.1, 0.15) is 46.1 Å². The Bertz CT molecular complexity index is 558. The minimum atomic E-state index is 0.114. The Balaban J connectivity index is 2.24. The lowest BCUT2D eigenvalue weighted by Crippen LogP contribution is -2.39. The summed E-state index contributed by atoms with van der Waals surface area (Å²) >= 11 is 0. The van der Waals surface area contributed by atoms with E-state index in [-0.39, 0.29) is 11.3 Å². The van der Waals surface area contributed by atoms with E-state index in [9.17, 15) is 4.79 Å². The molecule has 1 atom stereocenters. The highest BCUT2D eigenvalue weighted by Crippen LogP contribution is 2.32. The number of nitrogens with zero attached hydrogens (tertiary/aromatic N) is 2. The lowest BCUT2D eigenvalue weighted by molar-refractivity contribution is -0.120. The van der Waals surface area contributed by atoms with Crippen molar-refractivity contribution in [2.75, 3.05) is 11.4 Å². The van der Waals surface area contributed by atoms with E-state index in [1.54, 1.807) is 0 Å². The van der Waals surface area contributed by atoms with Gasteiger partial charge < -0.3 is 10.1 Å². The summed E-state index contributed by atoms with van der Waals surface area (Å²) in [5, 5.41) is 12.5. The van der Waals surface area contributed by atoms with Crippen molar-refractivity contribution < 1.29 is 10.0 Å². The predicted octanol–water partition coefficient (Wildman–Crippen LogP) is 3.67. The summed E-state index contributed by atoms with van der Waals surface area (Å²) < 4.78 is 0. The Hall–Kier alpha value is -1.84. The van der Waals surface area contributed by atoms with E-state index in [0.29, 0.717) is 31.0 Å². The van der Waals surface area contributed by atoms with E-state index < -0.39 is 0 Å². The molecule has 4 nitrogen and oxygen atoms in total. The molecule has 1 unspecified atom stereocenters. The Kier molecular flexibility index (Phi) is 4.35. The van der Waals surface area contributed by atoms with Crippen LogP contribution in [-0.4, -0.2) is 23.4 Å². The van der Waals surface area contributed by atoms with Gasteiger partial charge in [0.05, 0.1) is 11.4 Å². The standard InChI is InChI=1S/C17H24N2O2/c1-12(17(2,3)4)11-16(20)19-10-9-14(18-21)13-7-5-6-8-15(13)19/h5-8,12,21H,9-11H2,1-4H3. The summed E-state index contributed by atoms with van der Waals surface area (Å²) in [6, 6.07) is 7.62. The van der Waals surface area contributed by atoms with E-state index >= 15 is 0 Å². The van der Waals surface area contributed by atoms with Crippen LogP contribution < -0.4 is 4.90 Å². The number of hydrogen-bond acceptors (Lipinski definition) is 3. The van der Waals surface area contributed by atoms with Crippen LogP contribution in [0.3, 0.4) is 0 Å². The molecule has 1 aliphatic rings. The molecule has 21 heavy (non-hydrogen) atoms. The average molecular weight is 288 g/mol. The first kappa shape index (κ1) is 15.5. The highest BCUT2D eigenvalue weighted by Gasteiger charge is 2.29. The lowest BCUT2D eigenvalue weighted by Gasteiger charge is -2.33. The SMILES string of the molecule is CC(CC(=O)N1CCC(=NO)c2ccccc21)C(C)(C)C. The zero-order chi connectivity index (χ0) is 15.6. The van der Waals surface area contributed by atoms with Crippen LogP contribution in [-0.2, 0) is 4.79 Å². The first-order valence-electron chi connectivity index (χ1n) is 7.45. The number of fused-ring (bicyclic) bond motifs is 1. The van der Waals surface area contributed by atoms with E-state index in [1.165, 1.54) is 0 Å². The van der Waals surface area contributed by atoms with Gasteiger partial charge in [-0.25, -0.2) is 0 Å². The summed E-state index contributed by atoms with van der Waals surface area (Å²) in [5.41, 5.74) is 2.46. The number of carbonyl (C=O) groups is 1. The molecule has 0 bridgehead atoms. The molecule has 0 saturated heterocycles. The summed E-state index contributed by atoms with van der Waals surface area (Å²) in [7, 11) is 0. The number of anilines is 1. The molecule has 114 valence electrons. The quantitative estimate of drug-likeness (QED) is 0.666. The monoisotopic (exact) mass is 288 g/mol. The molecule has 1 amide bonds. The molecule has 0 saturated carbocycles. The Labute approximate surface area is 126 Å². The molecule has 1 aromatic carbocycles. The summed E-state index contributed by atoms with van der Waals surface area (Å²) in [6.45, 7) is 9.17. The van der Waals surface area contributed by atoms with Crippen molar-refractivity contribution in [1.82, 2.24) is 0 Å². The molecular formula is C17H24N2O2. The van der Waals surface area contributed by atoms with Gasteiger partial charge in [-0.05, 0) is 17.4 Å².